The summed E-state index contributed by atoms with van der Waals surface area (Å²) in [5.74, 6) is 0.982. The third-order valence-corrected chi connectivity index (χ3v) is 2.77. The Morgan fingerprint density at radius 3 is 2.50 bits per heavy atom. The van der Waals surface area contributed by atoms with Crippen molar-refractivity contribution < 1.29 is 5.11 Å². The number of hydrogen-bond acceptors (Lipinski definition) is 2. The van der Waals surface area contributed by atoms with Crippen LogP contribution in [0.1, 0.15) is 51.9 Å². The van der Waals surface area contributed by atoms with Crippen LogP contribution in [0.25, 0.3) is 0 Å². The normalized spacial score (nSPS) is 11.3. The minimum absolute atomic E-state index is 0.434. The van der Waals surface area contributed by atoms with Gasteiger partial charge in [-0.05, 0) is 32.1 Å². The molecule has 0 atom stereocenters. The molecule has 1 N–H and O–H groups in total. The number of hydrogen-bond donors (Lipinski definition) is 1. The quantitative estimate of drug-likeness (QED) is 0.806. The third-order valence-electron chi connectivity index (χ3n) is 2.77. The van der Waals surface area contributed by atoms with Gasteiger partial charge in [-0.25, -0.2) is 0 Å². The second-order valence-electron chi connectivity index (χ2n) is 4.76. The fraction of sp³-hybridized carbons (Fsp3) is 0.769. The number of aryl methyl sites for hydroxylation is 2. The molecule has 16 heavy (non-hydrogen) atoms. The lowest BCUT2D eigenvalue weighted by Gasteiger charge is -2.07. The van der Waals surface area contributed by atoms with E-state index in [1.165, 1.54) is 0 Å². The molecule has 3 nitrogen and oxygen atoms in total. The van der Waals surface area contributed by atoms with E-state index < -0.39 is 0 Å². The van der Waals surface area contributed by atoms with E-state index in [9.17, 15) is 5.11 Å². The van der Waals surface area contributed by atoms with E-state index in [4.69, 9.17) is 0 Å². The molecule has 92 valence electrons. The molecule has 1 aromatic rings. The van der Waals surface area contributed by atoms with Crippen LogP contribution >= 0.6 is 0 Å². The van der Waals surface area contributed by atoms with Crippen molar-refractivity contribution in [1.82, 2.24) is 9.78 Å². The molecule has 1 aromatic heterocycles. The molecular formula is C13H24N2O. The predicted molar refractivity (Wildman–Crippen MR) is 66.7 cm³/mol. The van der Waals surface area contributed by atoms with Gasteiger partial charge in [-0.15, -0.1) is 0 Å². The highest BCUT2D eigenvalue weighted by Crippen LogP contribution is 2.26. The van der Waals surface area contributed by atoms with Crippen LogP contribution in [0.5, 0.6) is 5.75 Å². The summed E-state index contributed by atoms with van der Waals surface area (Å²) < 4.78 is 1.94. The van der Waals surface area contributed by atoms with Gasteiger partial charge in [0.1, 0.15) is 5.69 Å². The average Bonchev–Trinajstić information content (AvgIpc) is 2.53. The SMILES string of the molecule is CCCCc1nn(CC)c(CC(C)C)c1O. The minimum Gasteiger partial charge on any atom is -0.504 e. The average molecular weight is 224 g/mol. The van der Waals surface area contributed by atoms with Gasteiger partial charge in [0.15, 0.2) is 5.75 Å². The fourth-order valence-electron chi connectivity index (χ4n) is 1.91. The van der Waals surface area contributed by atoms with Crippen LogP contribution in [0, 0.1) is 5.92 Å². The smallest absolute Gasteiger partial charge is 0.160 e. The number of unbranched alkanes of at least 4 members (excludes halogenated alkanes) is 1. The number of aromatic nitrogens is 2. The molecule has 0 aliphatic carbocycles. The van der Waals surface area contributed by atoms with Gasteiger partial charge in [-0.2, -0.15) is 5.10 Å². The summed E-state index contributed by atoms with van der Waals surface area (Å²) in [4.78, 5) is 0. The van der Waals surface area contributed by atoms with Crippen LogP contribution < -0.4 is 0 Å². The van der Waals surface area contributed by atoms with Crippen molar-refractivity contribution >= 4 is 0 Å². The topological polar surface area (TPSA) is 38.0 Å². The molecule has 1 rings (SSSR count). The van der Waals surface area contributed by atoms with Crippen LogP contribution in [0.4, 0.5) is 0 Å². The van der Waals surface area contributed by atoms with Gasteiger partial charge in [-0.3, -0.25) is 4.68 Å². The van der Waals surface area contributed by atoms with E-state index in [2.05, 4.69) is 32.8 Å². The minimum atomic E-state index is 0.434. The molecule has 0 saturated carbocycles. The van der Waals surface area contributed by atoms with Gasteiger partial charge in [0.05, 0.1) is 5.69 Å². The van der Waals surface area contributed by atoms with Crippen molar-refractivity contribution in [2.24, 2.45) is 5.92 Å². The molecular weight excluding hydrogens is 200 g/mol. The molecule has 0 saturated heterocycles. The Morgan fingerprint density at radius 2 is 2.00 bits per heavy atom. The zero-order valence-electron chi connectivity index (χ0n) is 11.0. The molecule has 0 bridgehead atoms. The lowest BCUT2D eigenvalue weighted by atomic mass is 10.1. The summed E-state index contributed by atoms with van der Waals surface area (Å²) in [5.41, 5.74) is 1.88. The standard InChI is InChI=1S/C13H24N2O/c1-5-7-8-11-13(16)12(9-10(3)4)15(6-2)14-11/h10,16H,5-9H2,1-4H3. The van der Waals surface area contributed by atoms with Gasteiger partial charge < -0.3 is 5.11 Å². The van der Waals surface area contributed by atoms with E-state index in [-0.39, 0.29) is 0 Å². The van der Waals surface area contributed by atoms with E-state index in [1.54, 1.807) is 0 Å². The zero-order valence-corrected chi connectivity index (χ0v) is 11.0. The Kier molecular flexibility index (Phi) is 4.84. The van der Waals surface area contributed by atoms with E-state index in [0.717, 1.165) is 43.6 Å². The number of nitrogens with zero attached hydrogens (tertiary/aromatic N) is 2. The zero-order chi connectivity index (χ0) is 12.1. The van der Waals surface area contributed by atoms with Crippen molar-refractivity contribution in [2.75, 3.05) is 0 Å². The summed E-state index contributed by atoms with van der Waals surface area (Å²) in [6.45, 7) is 9.39. The van der Waals surface area contributed by atoms with Crippen LogP contribution in [0.3, 0.4) is 0 Å². The molecule has 0 aliphatic heterocycles. The van der Waals surface area contributed by atoms with Crippen molar-refractivity contribution in [2.45, 2.75) is 59.9 Å². The highest BCUT2D eigenvalue weighted by Gasteiger charge is 2.16. The molecule has 0 aromatic carbocycles. The van der Waals surface area contributed by atoms with E-state index >= 15 is 0 Å². The van der Waals surface area contributed by atoms with Crippen LogP contribution in [-0.4, -0.2) is 14.9 Å². The maximum Gasteiger partial charge on any atom is 0.160 e. The first-order valence-electron chi connectivity index (χ1n) is 6.37. The molecule has 0 radical (unpaired) electrons. The maximum atomic E-state index is 10.1. The first kappa shape index (κ1) is 13.1. The molecule has 0 amide bonds. The van der Waals surface area contributed by atoms with E-state index in [1.807, 2.05) is 4.68 Å². The number of aromatic hydroxyl groups is 1. The van der Waals surface area contributed by atoms with E-state index in [0.29, 0.717) is 11.7 Å². The van der Waals surface area contributed by atoms with Crippen LogP contribution in [0.15, 0.2) is 0 Å². The largest absolute Gasteiger partial charge is 0.504 e. The van der Waals surface area contributed by atoms with Crippen LogP contribution in [0.2, 0.25) is 0 Å². The lowest BCUT2D eigenvalue weighted by Crippen LogP contribution is -2.05. The van der Waals surface area contributed by atoms with Crippen molar-refractivity contribution in [3.05, 3.63) is 11.4 Å². The van der Waals surface area contributed by atoms with Gasteiger partial charge in [0, 0.05) is 6.54 Å². The lowest BCUT2D eigenvalue weighted by molar-refractivity contribution is 0.450. The third kappa shape index (κ3) is 3.00. The first-order valence-corrected chi connectivity index (χ1v) is 6.37. The summed E-state index contributed by atoms with van der Waals surface area (Å²) in [7, 11) is 0. The molecule has 0 unspecified atom stereocenters. The highest BCUT2D eigenvalue weighted by molar-refractivity contribution is 5.32. The summed E-state index contributed by atoms with van der Waals surface area (Å²) in [6, 6.07) is 0. The van der Waals surface area contributed by atoms with Gasteiger partial charge >= 0.3 is 0 Å². The molecule has 0 aliphatic rings. The Bertz CT molecular complexity index is 329. The summed E-state index contributed by atoms with van der Waals surface area (Å²) >= 11 is 0. The first-order chi connectivity index (χ1) is 7.60. The van der Waals surface area contributed by atoms with Crippen LogP contribution in [-0.2, 0) is 19.4 Å². The molecule has 1 heterocycles. The summed E-state index contributed by atoms with van der Waals surface area (Å²) in [6.07, 6.45) is 4.02. The Balaban J connectivity index is 2.91. The molecule has 0 fully saturated rings. The Morgan fingerprint density at radius 1 is 1.31 bits per heavy atom. The summed E-state index contributed by atoms with van der Waals surface area (Å²) in [5, 5.41) is 14.6. The molecule has 3 heteroatoms. The molecule has 0 spiro atoms. The fourth-order valence-corrected chi connectivity index (χ4v) is 1.91. The predicted octanol–water partition coefficient (Wildman–Crippen LogP) is 3.15. The van der Waals surface area contributed by atoms with Crippen molar-refractivity contribution in [3.8, 4) is 5.75 Å². The maximum absolute atomic E-state index is 10.1. The Hall–Kier alpha value is -0.990. The highest BCUT2D eigenvalue weighted by atomic mass is 16.3. The second-order valence-corrected chi connectivity index (χ2v) is 4.76. The van der Waals surface area contributed by atoms with Gasteiger partial charge in [-0.1, -0.05) is 27.2 Å². The second kappa shape index (κ2) is 5.92. The Labute approximate surface area is 98.5 Å². The van der Waals surface area contributed by atoms with Crippen molar-refractivity contribution in [1.29, 1.82) is 0 Å². The van der Waals surface area contributed by atoms with Gasteiger partial charge in [0.2, 0.25) is 0 Å². The van der Waals surface area contributed by atoms with Gasteiger partial charge in [0.25, 0.3) is 0 Å². The van der Waals surface area contributed by atoms with Crippen molar-refractivity contribution in [3.63, 3.8) is 0 Å². The number of rotatable bonds is 6. The monoisotopic (exact) mass is 224 g/mol.